The first kappa shape index (κ1) is 17.7. The highest BCUT2D eigenvalue weighted by Crippen LogP contribution is 2.40. The van der Waals surface area contributed by atoms with Gasteiger partial charge in [0.25, 0.3) is 5.91 Å². The van der Waals surface area contributed by atoms with Crippen molar-refractivity contribution in [3.05, 3.63) is 21.7 Å². The molecule has 0 spiro atoms. The minimum atomic E-state index is -3.03. The number of carbonyl (C=O) groups is 1. The molecular weight excluding hydrogens is 370 g/mol. The number of nitrogens with zero attached hydrogens (tertiary/aromatic N) is 1. The number of aromatic nitrogens is 1. The van der Waals surface area contributed by atoms with E-state index in [4.69, 9.17) is 10.7 Å². The minimum absolute atomic E-state index is 0.0111. The fraction of sp³-hybridized carbons (Fsp3) is 0.556. The van der Waals surface area contributed by atoms with Gasteiger partial charge in [0.2, 0.25) is 0 Å². The third-order valence-electron chi connectivity index (χ3n) is 5.39. The van der Waals surface area contributed by atoms with Gasteiger partial charge < -0.3 is 11.1 Å². The van der Waals surface area contributed by atoms with Gasteiger partial charge in [-0.25, -0.2) is 13.4 Å². The van der Waals surface area contributed by atoms with E-state index >= 15 is 0 Å². The Balaban J connectivity index is 1.72. The van der Waals surface area contributed by atoms with Crippen LogP contribution in [0.4, 0.5) is 5.69 Å². The number of pyridine rings is 1. The lowest BCUT2D eigenvalue weighted by atomic mass is 9.88. The Morgan fingerprint density at radius 3 is 2.69 bits per heavy atom. The van der Waals surface area contributed by atoms with Crippen LogP contribution < -0.4 is 11.1 Å². The van der Waals surface area contributed by atoms with Crippen LogP contribution in [-0.4, -0.2) is 36.9 Å². The van der Waals surface area contributed by atoms with Crippen LogP contribution in [0.3, 0.4) is 0 Å². The molecule has 26 heavy (non-hydrogen) atoms. The molecule has 1 aliphatic carbocycles. The van der Waals surface area contributed by atoms with Gasteiger partial charge in [0.05, 0.1) is 17.2 Å². The average molecular weight is 394 g/mol. The lowest BCUT2D eigenvalue weighted by Gasteiger charge is -2.19. The molecule has 0 radical (unpaired) electrons. The van der Waals surface area contributed by atoms with Crippen LogP contribution in [-0.2, 0) is 29.1 Å². The zero-order valence-electron chi connectivity index (χ0n) is 14.8. The molecular formula is C18H23N3O3S2. The predicted molar refractivity (Wildman–Crippen MR) is 105 cm³/mol. The number of anilines is 1. The highest BCUT2D eigenvalue weighted by molar-refractivity contribution is 7.91. The normalized spacial score (nSPS) is 21.7. The second-order valence-electron chi connectivity index (χ2n) is 7.17. The van der Waals surface area contributed by atoms with Gasteiger partial charge in [0, 0.05) is 17.1 Å². The number of carbonyl (C=O) groups excluding carboxylic acids is 1. The second-order valence-corrected chi connectivity index (χ2v) is 10.4. The lowest BCUT2D eigenvalue weighted by molar-refractivity contribution is 0.0946. The van der Waals surface area contributed by atoms with Crippen molar-refractivity contribution >= 4 is 43.0 Å². The van der Waals surface area contributed by atoms with Crippen molar-refractivity contribution in [3.63, 3.8) is 0 Å². The van der Waals surface area contributed by atoms with Crippen molar-refractivity contribution in [3.8, 4) is 0 Å². The molecule has 1 amide bonds. The largest absolute Gasteiger partial charge is 0.397 e. The Labute approximate surface area is 157 Å². The summed E-state index contributed by atoms with van der Waals surface area (Å²) in [6.07, 6.45) is 5.64. The van der Waals surface area contributed by atoms with E-state index in [0.717, 1.165) is 41.6 Å². The molecule has 2 aliphatic rings. The van der Waals surface area contributed by atoms with Gasteiger partial charge in [0.1, 0.15) is 9.71 Å². The summed E-state index contributed by atoms with van der Waals surface area (Å²) in [5, 5.41) is 3.78. The Morgan fingerprint density at radius 2 is 2.04 bits per heavy atom. The maximum atomic E-state index is 12.7. The molecule has 0 bridgehead atoms. The maximum absolute atomic E-state index is 12.7. The average Bonchev–Trinajstić information content (AvgIpc) is 3.13. The standard InChI is InChI=1S/C18H23N3O3S2/c1-2-13-11-5-3-4-6-12(11)14-15(19)16(25-18(14)21-13)17(22)20-10-7-8-26(23,24)9-10/h10H,2-9,19H2,1H3,(H,20,22)/t10-/m0/s1. The number of amides is 1. The van der Waals surface area contributed by atoms with Crippen molar-refractivity contribution in [1.82, 2.24) is 10.3 Å². The number of sulfone groups is 1. The van der Waals surface area contributed by atoms with Crippen LogP contribution in [0.25, 0.3) is 10.2 Å². The van der Waals surface area contributed by atoms with Crippen molar-refractivity contribution < 1.29 is 13.2 Å². The molecule has 3 heterocycles. The molecule has 6 nitrogen and oxygen atoms in total. The molecule has 2 aromatic rings. The molecule has 0 saturated carbocycles. The molecule has 0 aromatic carbocycles. The molecule has 1 atom stereocenters. The van der Waals surface area contributed by atoms with E-state index in [0.29, 0.717) is 17.0 Å². The fourth-order valence-corrected chi connectivity index (χ4v) is 6.83. The zero-order valence-corrected chi connectivity index (χ0v) is 16.4. The van der Waals surface area contributed by atoms with Gasteiger partial charge in [-0.15, -0.1) is 11.3 Å². The van der Waals surface area contributed by atoms with Crippen LogP contribution in [0.2, 0.25) is 0 Å². The lowest BCUT2D eigenvalue weighted by Crippen LogP contribution is -2.35. The molecule has 1 aliphatic heterocycles. The van der Waals surface area contributed by atoms with Gasteiger partial charge in [-0.2, -0.15) is 0 Å². The monoisotopic (exact) mass is 393 g/mol. The summed E-state index contributed by atoms with van der Waals surface area (Å²) in [5.41, 5.74) is 10.6. The topological polar surface area (TPSA) is 102 Å². The van der Waals surface area contributed by atoms with Crippen LogP contribution in [0.15, 0.2) is 0 Å². The number of thiophene rings is 1. The second kappa shape index (κ2) is 6.49. The Morgan fingerprint density at radius 1 is 1.31 bits per heavy atom. The number of nitrogens with two attached hydrogens (primary N) is 1. The van der Waals surface area contributed by atoms with Crippen LogP contribution >= 0.6 is 11.3 Å². The number of hydrogen-bond acceptors (Lipinski definition) is 6. The maximum Gasteiger partial charge on any atom is 0.263 e. The highest BCUT2D eigenvalue weighted by atomic mass is 32.2. The van der Waals surface area contributed by atoms with Gasteiger partial charge in [-0.05, 0) is 49.7 Å². The van der Waals surface area contributed by atoms with Gasteiger partial charge in [-0.1, -0.05) is 6.92 Å². The molecule has 3 N–H and O–H groups in total. The summed E-state index contributed by atoms with van der Waals surface area (Å²) < 4.78 is 23.2. The molecule has 8 heteroatoms. The summed E-state index contributed by atoms with van der Waals surface area (Å²) in [5.74, 6) is -0.137. The van der Waals surface area contributed by atoms with E-state index in [9.17, 15) is 13.2 Å². The van der Waals surface area contributed by atoms with Crippen molar-refractivity contribution in [2.45, 2.75) is 51.5 Å². The fourth-order valence-electron chi connectivity index (χ4n) is 4.11. The van der Waals surface area contributed by atoms with Gasteiger partial charge in [-0.3, -0.25) is 4.79 Å². The van der Waals surface area contributed by atoms with Crippen molar-refractivity contribution in [2.24, 2.45) is 0 Å². The van der Waals surface area contributed by atoms with Gasteiger partial charge >= 0.3 is 0 Å². The first-order valence-electron chi connectivity index (χ1n) is 9.13. The van der Waals surface area contributed by atoms with Crippen molar-refractivity contribution in [2.75, 3.05) is 17.2 Å². The number of hydrogen-bond donors (Lipinski definition) is 2. The molecule has 0 unspecified atom stereocenters. The summed E-state index contributed by atoms with van der Waals surface area (Å²) in [4.78, 5) is 18.8. The van der Waals surface area contributed by atoms with E-state index in [1.165, 1.54) is 28.9 Å². The van der Waals surface area contributed by atoms with E-state index in [-0.39, 0.29) is 23.5 Å². The predicted octanol–water partition coefficient (Wildman–Crippen LogP) is 2.24. The Bertz CT molecular complexity index is 995. The third kappa shape index (κ3) is 2.99. The first-order valence-corrected chi connectivity index (χ1v) is 11.8. The number of nitrogen functional groups attached to an aromatic ring is 1. The molecule has 1 fully saturated rings. The van der Waals surface area contributed by atoms with E-state index < -0.39 is 9.84 Å². The van der Waals surface area contributed by atoms with E-state index in [1.807, 2.05) is 0 Å². The van der Waals surface area contributed by atoms with E-state index in [1.54, 1.807) is 0 Å². The summed E-state index contributed by atoms with van der Waals surface area (Å²) >= 11 is 1.32. The SMILES string of the molecule is CCc1nc2sc(C(=O)N[C@H]3CCS(=O)(=O)C3)c(N)c2c2c1CCCC2. The summed E-state index contributed by atoms with van der Waals surface area (Å²) in [6, 6.07) is -0.329. The van der Waals surface area contributed by atoms with Gasteiger partial charge in [0.15, 0.2) is 9.84 Å². The zero-order chi connectivity index (χ0) is 18.5. The minimum Gasteiger partial charge on any atom is -0.397 e. The van der Waals surface area contributed by atoms with Crippen molar-refractivity contribution in [1.29, 1.82) is 0 Å². The van der Waals surface area contributed by atoms with Crippen LogP contribution in [0.1, 0.15) is 52.7 Å². The number of nitrogens with one attached hydrogen (secondary N) is 1. The third-order valence-corrected chi connectivity index (χ3v) is 8.26. The highest BCUT2D eigenvalue weighted by Gasteiger charge is 2.31. The number of fused-ring (bicyclic) bond motifs is 3. The van der Waals surface area contributed by atoms with Crippen LogP contribution in [0, 0.1) is 0 Å². The molecule has 4 rings (SSSR count). The van der Waals surface area contributed by atoms with Crippen LogP contribution in [0.5, 0.6) is 0 Å². The molecule has 2 aromatic heterocycles. The smallest absolute Gasteiger partial charge is 0.263 e. The number of aryl methyl sites for hydroxylation is 2. The quantitative estimate of drug-likeness (QED) is 0.833. The van der Waals surface area contributed by atoms with E-state index in [2.05, 4.69) is 12.2 Å². The summed E-state index contributed by atoms with van der Waals surface area (Å²) in [7, 11) is -3.03. The summed E-state index contributed by atoms with van der Waals surface area (Å²) in [6.45, 7) is 2.11. The molecule has 1 saturated heterocycles. The first-order chi connectivity index (χ1) is 12.4. The number of rotatable bonds is 3. The molecule has 140 valence electrons. The Kier molecular flexibility index (Phi) is 4.43. The Hall–Kier alpha value is -1.67.